The predicted molar refractivity (Wildman–Crippen MR) is 185 cm³/mol. The molecule has 0 amide bonds. The molecule has 0 aromatic carbocycles. The van der Waals surface area contributed by atoms with Gasteiger partial charge in [-0.15, -0.1) is 0 Å². The highest BCUT2D eigenvalue weighted by molar-refractivity contribution is 8.19. The number of thiol groups is 2. The van der Waals surface area contributed by atoms with Gasteiger partial charge in [0.15, 0.2) is 0 Å². The van der Waals surface area contributed by atoms with Crippen LogP contribution in [0.3, 0.4) is 0 Å². The van der Waals surface area contributed by atoms with E-state index in [-0.39, 0.29) is 0 Å². The molecule has 6 aliphatic rings. The molecule has 0 radical (unpaired) electrons. The minimum absolute atomic E-state index is 0.313. The van der Waals surface area contributed by atoms with Gasteiger partial charge in [0.05, 0.1) is 0 Å². The van der Waals surface area contributed by atoms with Crippen LogP contribution in [0.1, 0.15) is 180 Å². The zero-order valence-corrected chi connectivity index (χ0v) is 28.3. The van der Waals surface area contributed by atoms with E-state index in [1.807, 2.05) is 0 Å². The molecule has 3 heteroatoms. The van der Waals surface area contributed by atoms with Gasteiger partial charge in [0.2, 0.25) is 0 Å². The number of thioether (sulfide) groups is 1. The first-order valence-electron chi connectivity index (χ1n) is 18.6. The molecule has 0 aromatic rings. The lowest BCUT2D eigenvalue weighted by atomic mass is 9.98. The van der Waals surface area contributed by atoms with Gasteiger partial charge >= 0.3 is 0 Å². The zero-order valence-electron chi connectivity index (χ0n) is 25.7. The van der Waals surface area contributed by atoms with Crippen molar-refractivity contribution in [3.63, 3.8) is 0 Å². The standard InChI is InChI=1S/C36H66S3/c1-5-13-31(14-6-1)38(32-15-7-2-8-16-32)35-25-21-29(22-26-35)37-30-23-27-36(28-24-30)39(33-17-9-3-10-18-33)34-19-11-4-12-20-34/h29-36,38-39H,1-28H2. The maximum absolute atomic E-state index is 2.53. The first-order valence-corrected chi connectivity index (χ1v) is 22.6. The summed E-state index contributed by atoms with van der Waals surface area (Å²) in [5.41, 5.74) is 0. The van der Waals surface area contributed by atoms with Crippen molar-refractivity contribution in [2.45, 2.75) is 222 Å². The minimum Gasteiger partial charge on any atom is -0.245 e. The largest absolute Gasteiger partial charge is 0.245 e. The van der Waals surface area contributed by atoms with Gasteiger partial charge in [0, 0.05) is 10.5 Å². The molecule has 228 valence electrons. The molecular formula is C36H66S3. The van der Waals surface area contributed by atoms with Gasteiger partial charge in [-0.1, -0.05) is 77.0 Å². The van der Waals surface area contributed by atoms with Crippen LogP contribution in [0.25, 0.3) is 0 Å². The van der Waals surface area contributed by atoms with Crippen molar-refractivity contribution in [3.05, 3.63) is 0 Å². The van der Waals surface area contributed by atoms with Crippen molar-refractivity contribution in [2.75, 3.05) is 0 Å². The van der Waals surface area contributed by atoms with E-state index in [0.717, 1.165) is 21.0 Å². The van der Waals surface area contributed by atoms with Crippen molar-refractivity contribution in [1.29, 1.82) is 0 Å². The Morgan fingerprint density at radius 3 is 0.744 bits per heavy atom. The summed E-state index contributed by atoms with van der Waals surface area (Å²) in [5, 5.41) is 9.05. The minimum atomic E-state index is 0.313. The van der Waals surface area contributed by atoms with Crippen LogP contribution >= 0.6 is 33.6 Å². The summed E-state index contributed by atoms with van der Waals surface area (Å²) in [7, 11) is 0.625. The van der Waals surface area contributed by atoms with Gasteiger partial charge in [-0.3, -0.25) is 0 Å². The molecule has 6 aliphatic carbocycles. The molecule has 0 aromatic heterocycles. The van der Waals surface area contributed by atoms with Crippen LogP contribution in [0.5, 0.6) is 0 Å². The monoisotopic (exact) mass is 594 g/mol. The van der Waals surface area contributed by atoms with Crippen LogP contribution in [-0.2, 0) is 0 Å². The summed E-state index contributed by atoms with van der Waals surface area (Å²) in [6, 6.07) is 0. The normalized spacial score (nSPS) is 36.0. The van der Waals surface area contributed by atoms with Crippen LogP contribution in [0.15, 0.2) is 0 Å². The second-order valence-corrected chi connectivity index (χ2v) is 22.8. The predicted octanol–water partition coefficient (Wildman–Crippen LogP) is 11.7. The summed E-state index contributed by atoms with van der Waals surface area (Å²) in [4.78, 5) is 0. The molecule has 0 bridgehead atoms. The molecule has 0 heterocycles. The van der Waals surface area contributed by atoms with E-state index < -0.39 is 0 Å². The molecule has 6 fully saturated rings. The second-order valence-electron chi connectivity index (χ2n) is 15.1. The lowest BCUT2D eigenvalue weighted by molar-refractivity contribution is 0.466. The molecule has 0 N–H and O–H groups in total. The molecule has 0 spiro atoms. The van der Waals surface area contributed by atoms with Crippen molar-refractivity contribution in [2.24, 2.45) is 0 Å². The van der Waals surface area contributed by atoms with E-state index in [2.05, 4.69) is 11.8 Å². The van der Waals surface area contributed by atoms with Crippen LogP contribution in [0, 0.1) is 0 Å². The quantitative estimate of drug-likeness (QED) is 0.264. The highest BCUT2D eigenvalue weighted by Gasteiger charge is 2.38. The van der Waals surface area contributed by atoms with Crippen LogP contribution in [0.4, 0.5) is 0 Å². The maximum atomic E-state index is 2.53. The molecule has 6 saturated carbocycles. The van der Waals surface area contributed by atoms with E-state index in [0.29, 0.717) is 21.8 Å². The zero-order chi connectivity index (χ0) is 26.3. The summed E-state index contributed by atoms with van der Waals surface area (Å²) < 4.78 is 0. The molecule has 6 rings (SSSR count). The molecule has 0 saturated heterocycles. The fourth-order valence-corrected chi connectivity index (χ4v) is 21.4. The van der Waals surface area contributed by atoms with Gasteiger partial charge < -0.3 is 0 Å². The Morgan fingerprint density at radius 2 is 0.487 bits per heavy atom. The smallest absolute Gasteiger partial charge is 0.00506 e. The van der Waals surface area contributed by atoms with Crippen molar-refractivity contribution in [3.8, 4) is 0 Å². The highest BCUT2D eigenvalue weighted by Crippen LogP contribution is 2.58. The van der Waals surface area contributed by atoms with Gasteiger partial charge in [-0.25, -0.2) is 21.8 Å². The van der Waals surface area contributed by atoms with Gasteiger partial charge in [-0.05, 0) is 134 Å². The first kappa shape index (κ1) is 30.1. The van der Waals surface area contributed by atoms with Crippen molar-refractivity contribution < 1.29 is 0 Å². The Hall–Kier alpha value is 1.05. The Kier molecular flexibility index (Phi) is 12.1. The fraction of sp³-hybridized carbons (Fsp3) is 1.00. The van der Waals surface area contributed by atoms with Crippen molar-refractivity contribution >= 4 is 33.6 Å². The van der Waals surface area contributed by atoms with Crippen LogP contribution in [0.2, 0.25) is 0 Å². The first-order chi connectivity index (χ1) is 19.3. The average molecular weight is 595 g/mol. The van der Waals surface area contributed by atoms with Crippen molar-refractivity contribution in [1.82, 2.24) is 0 Å². The maximum Gasteiger partial charge on any atom is 0.00506 e. The summed E-state index contributed by atoms with van der Waals surface area (Å²) in [5.74, 6) is 0. The van der Waals surface area contributed by atoms with Gasteiger partial charge in [0.25, 0.3) is 0 Å². The topological polar surface area (TPSA) is 0 Å². The van der Waals surface area contributed by atoms with Gasteiger partial charge in [-0.2, -0.15) is 11.8 Å². The summed E-state index contributed by atoms with van der Waals surface area (Å²) in [6.07, 6.45) is 44.4. The van der Waals surface area contributed by atoms with E-state index >= 15 is 0 Å². The SMILES string of the molecule is C1CCC([SH](C2CCCCC2)C2CCC(SC3CCC([SH](C4CCCCC4)C4CCCCC4)CC3)CC2)CC1. The summed E-state index contributed by atoms with van der Waals surface area (Å²) in [6.45, 7) is 0. The van der Waals surface area contributed by atoms with E-state index in [9.17, 15) is 0 Å². The lowest BCUT2D eigenvalue weighted by Gasteiger charge is -2.49. The third kappa shape index (κ3) is 8.16. The van der Waals surface area contributed by atoms with E-state index in [4.69, 9.17) is 0 Å². The Morgan fingerprint density at radius 1 is 0.256 bits per heavy atom. The Bertz CT molecular complexity index is 575. The Balaban J connectivity index is 0.986. The highest BCUT2D eigenvalue weighted by atomic mass is 32.2. The number of rotatable bonds is 8. The fourth-order valence-electron chi connectivity index (χ4n) is 10.5. The van der Waals surface area contributed by atoms with E-state index in [1.54, 1.807) is 180 Å². The number of hydrogen-bond donors (Lipinski definition) is 2. The third-order valence-electron chi connectivity index (χ3n) is 12.5. The average Bonchev–Trinajstić information content (AvgIpc) is 3.01. The summed E-state index contributed by atoms with van der Waals surface area (Å²) >= 11 is 2.53. The molecule has 0 aliphatic heterocycles. The molecular weight excluding hydrogens is 529 g/mol. The second kappa shape index (κ2) is 15.7. The molecule has 0 nitrogen and oxygen atoms in total. The third-order valence-corrected chi connectivity index (χ3v) is 22.4. The van der Waals surface area contributed by atoms with Gasteiger partial charge in [0.1, 0.15) is 0 Å². The van der Waals surface area contributed by atoms with Crippen LogP contribution in [-0.4, -0.2) is 42.0 Å². The Labute approximate surface area is 254 Å². The number of hydrogen-bond acceptors (Lipinski definition) is 1. The van der Waals surface area contributed by atoms with E-state index in [1.165, 1.54) is 21.0 Å². The lowest BCUT2D eigenvalue weighted by Crippen LogP contribution is -2.34. The van der Waals surface area contributed by atoms with Crippen LogP contribution < -0.4 is 0 Å². The molecule has 0 atom stereocenters. The molecule has 39 heavy (non-hydrogen) atoms. The molecule has 0 unspecified atom stereocenters.